The number of likely N-dealkylation sites (tertiary alicyclic amines) is 1. The number of carbonyl (C=O) groups excluding carboxylic acids is 1. The summed E-state index contributed by atoms with van der Waals surface area (Å²) in [5.74, 6) is 0.212. The number of rotatable bonds is 4. The van der Waals surface area contributed by atoms with Crippen molar-refractivity contribution in [1.29, 1.82) is 0 Å². The lowest BCUT2D eigenvalue weighted by Gasteiger charge is -2.14. The Morgan fingerprint density at radius 3 is 2.85 bits per heavy atom. The molecule has 2 heterocycles. The van der Waals surface area contributed by atoms with Crippen molar-refractivity contribution in [1.82, 2.24) is 14.8 Å². The van der Waals surface area contributed by atoms with Gasteiger partial charge < -0.3 is 14.5 Å². The molecule has 1 aromatic heterocycles. The highest BCUT2D eigenvalue weighted by molar-refractivity contribution is 7.88. The molecule has 9 heteroatoms. The first-order valence-electron chi connectivity index (χ1n) is 6.20. The number of amides is 1. The maximum Gasteiger partial charge on any atom is 0.276 e. The van der Waals surface area contributed by atoms with Crippen LogP contribution in [0.25, 0.3) is 0 Å². The van der Waals surface area contributed by atoms with Gasteiger partial charge in [-0.05, 0) is 0 Å². The standard InChI is InChI=1S/C11H17N3O5S/c1-3-7-4-8(12-19-7)11(16)14-5-9(10(15)6-14)13-20(2,17)18/h4,9-10,13,15H,3,5-6H2,1-2H3/t9-,10-/m1/s1. The summed E-state index contributed by atoms with van der Waals surface area (Å²) in [7, 11) is -3.44. The van der Waals surface area contributed by atoms with E-state index in [9.17, 15) is 18.3 Å². The summed E-state index contributed by atoms with van der Waals surface area (Å²) < 4.78 is 29.6. The number of β-amino-alcohol motifs (C(OH)–C–C–N with tert-alkyl or cyclic N) is 1. The van der Waals surface area contributed by atoms with Crippen LogP contribution in [0.4, 0.5) is 0 Å². The summed E-state index contributed by atoms with van der Waals surface area (Å²) >= 11 is 0. The second kappa shape index (κ2) is 5.51. The van der Waals surface area contributed by atoms with E-state index in [1.54, 1.807) is 6.07 Å². The highest BCUT2D eigenvalue weighted by Gasteiger charge is 2.36. The molecule has 8 nitrogen and oxygen atoms in total. The SMILES string of the molecule is CCc1cc(C(=O)N2C[C@@H](O)[C@H](NS(C)(=O)=O)C2)no1. The van der Waals surface area contributed by atoms with Gasteiger partial charge in [0.05, 0.1) is 18.4 Å². The molecule has 0 radical (unpaired) electrons. The van der Waals surface area contributed by atoms with Gasteiger partial charge in [-0.1, -0.05) is 12.1 Å². The van der Waals surface area contributed by atoms with Gasteiger partial charge in [0, 0.05) is 25.6 Å². The zero-order chi connectivity index (χ0) is 14.9. The Hall–Kier alpha value is -1.45. The average Bonchev–Trinajstić information content (AvgIpc) is 2.94. The lowest BCUT2D eigenvalue weighted by Crippen LogP contribution is -2.42. The van der Waals surface area contributed by atoms with Crippen molar-refractivity contribution >= 4 is 15.9 Å². The van der Waals surface area contributed by atoms with Crippen molar-refractivity contribution in [3.63, 3.8) is 0 Å². The molecular formula is C11H17N3O5S. The van der Waals surface area contributed by atoms with Gasteiger partial charge in [0.25, 0.3) is 5.91 Å². The Morgan fingerprint density at radius 2 is 2.30 bits per heavy atom. The number of aliphatic hydroxyl groups is 1. The summed E-state index contributed by atoms with van der Waals surface area (Å²) in [5.41, 5.74) is 0.161. The number of hydrogen-bond donors (Lipinski definition) is 2. The summed E-state index contributed by atoms with van der Waals surface area (Å²) in [4.78, 5) is 13.5. The van der Waals surface area contributed by atoms with E-state index in [1.165, 1.54) is 4.90 Å². The molecule has 1 amide bonds. The average molecular weight is 303 g/mol. The predicted octanol–water partition coefficient (Wildman–Crippen LogP) is -1.03. The molecule has 2 atom stereocenters. The van der Waals surface area contributed by atoms with Crippen molar-refractivity contribution in [2.24, 2.45) is 0 Å². The molecule has 0 saturated carbocycles. The van der Waals surface area contributed by atoms with E-state index in [0.29, 0.717) is 12.2 Å². The summed E-state index contributed by atoms with van der Waals surface area (Å²) in [6, 6.07) is 0.845. The van der Waals surface area contributed by atoms with Gasteiger partial charge in [0.2, 0.25) is 10.0 Å². The van der Waals surface area contributed by atoms with Gasteiger partial charge in [-0.2, -0.15) is 0 Å². The van der Waals surface area contributed by atoms with E-state index >= 15 is 0 Å². The molecule has 0 aliphatic carbocycles. The molecule has 0 unspecified atom stereocenters. The first-order valence-corrected chi connectivity index (χ1v) is 8.09. The summed E-state index contributed by atoms with van der Waals surface area (Å²) in [5, 5.41) is 13.5. The third-order valence-electron chi connectivity index (χ3n) is 3.07. The number of nitrogens with zero attached hydrogens (tertiary/aromatic N) is 2. The van der Waals surface area contributed by atoms with Crippen molar-refractivity contribution in [3.05, 3.63) is 17.5 Å². The molecular weight excluding hydrogens is 286 g/mol. The molecule has 1 aliphatic rings. The molecule has 0 bridgehead atoms. The van der Waals surface area contributed by atoms with E-state index in [4.69, 9.17) is 4.52 Å². The van der Waals surface area contributed by atoms with Crippen LogP contribution in [0.1, 0.15) is 23.2 Å². The molecule has 20 heavy (non-hydrogen) atoms. The molecule has 1 fully saturated rings. The molecule has 0 spiro atoms. The lowest BCUT2D eigenvalue weighted by molar-refractivity contribution is 0.0754. The van der Waals surface area contributed by atoms with E-state index in [2.05, 4.69) is 9.88 Å². The zero-order valence-corrected chi connectivity index (χ0v) is 12.1. The molecule has 2 rings (SSSR count). The predicted molar refractivity (Wildman–Crippen MR) is 69.6 cm³/mol. The molecule has 0 aromatic carbocycles. The Balaban J connectivity index is 2.06. The number of aryl methyl sites for hydroxylation is 1. The summed E-state index contributed by atoms with van der Waals surface area (Å²) in [6.07, 6.45) is 0.697. The molecule has 2 N–H and O–H groups in total. The van der Waals surface area contributed by atoms with E-state index in [0.717, 1.165) is 6.26 Å². The van der Waals surface area contributed by atoms with E-state index in [-0.39, 0.29) is 24.7 Å². The highest BCUT2D eigenvalue weighted by atomic mass is 32.2. The van der Waals surface area contributed by atoms with Gasteiger partial charge in [-0.15, -0.1) is 0 Å². The maximum atomic E-state index is 12.1. The Labute approximate surface area is 116 Å². The van der Waals surface area contributed by atoms with Crippen LogP contribution < -0.4 is 4.72 Å². The normalized spacial score (nSPS) is 23.2. The quantitative estimate of drug-likeness (QED) is 0.735. The van der Waals surface area contributed by atoms with Crippen molar-refractivity contribution in [3.8, 4) is 0 Å². The third-order valence-corrected chi connectivity index (χ3v) is 3.80. The van der Waals surface area contributed by atoms with Crippen LogP contribution in [0.5, 0.6) is 0 Å². The van der Waals surface area contributed by atoms with E-state index < -0.39 is 22.2 Å². The van der Waals surface area contributed by atoms with Crippen molar-refractivity contribution in [2.45, 2.75) is 25.5 Å². The first kappa shape index (κ1) is 14.9. The van der Waals surface area contributed by atoms with Crippen molar-refractivity contribution in [2.75, 3.05) is 19.3 Å². The first-order chi connectivity index (χ1) is 9.30. The number of sulfonamides is 1. The molecule has 1 aliphatic heterocycles. The number of hydrogen-bond acceptors (Lipinski definition) is 6. The zero-order valence-electron chi connectivity index (χ0n) is 11.2. The second-order valence-corrected chi connectivity index (χ2v) is 6.59. The minimum atomic E-state index is -3.44. The Bertz CT molecular complexity index is 597. The van der Waals surface area contributed by atoms with Gasteiger partial charge >= 0.3 is 0 Å². The van der Waals surface area contributed by atoms with Gasteiger partial charge in [-0.25, -0.2) is 13.1 Å². The smallest absolute Gasteiger partial charge is 0.276 e. The fourth-order valence-corrected chi connectivity index (χ4v) is 2.87. The van der Waals surface area contributed by atoms with Gasteiger partial charge in [0.15, 0.2) is 5.69 Å². The van der Waals surface area contributed by atoms with Crippen LogP contribution in [0.15, 0.2) is 10.6 Å². The monoisotopic (exact) mass is 303 g/mol. The van der Waals surface area contributed by atoms with Crippen LogP contribution in [0, 0.1) is 0 Å². The van der Waals surface area contributed by atoms with Crippen LogP contribution in [-0.2, 0) is 16.4 Å². The number of aromatic nitrogens is 1. The molecule has 1 aromatic rings. The molecule has 112 valence electrons. The van der Waals surface area contributed by atoms with Gasteiger partial charge in [-0.3, -0.25) is 4.79 Å². The minimum absolute atomic E-state index is 0.0559. The van der Waals surface area contributed by atoms with Crippen LogP contribution in [0.2, 0.25) is 0 Å². The topological polar surface area (TPSA) is 113 Å². The van der Waals surface area contributed by atoms with Crippen molar-refractivity contribution < 1.29 is 22.8 Å². The van der Waals surface area contributed by atoms with Crippen LogP contribution >= 0.6 is 0 Å². The van der Waals surface area contributed by atoms with Gasteiger partial charge in [0.1, 0.15) is 5.76 Å². The molecule has 1 saturated heterocycles. The van der Waals surface area contributed by atoms with Crippen LogP contribution in [-0.4, -0.2) is 61.0 Å². The Kier molecular flexibility index (Phi) is 4.11. The number of nitrogens with one attached hydrogen (secondary N) is 1. The maximum absolute atomic E-state index is 12.1. The minimum Gasteiger partial charge on any atom is -0.390 e. The second-order valence-electron chi connectivity index (χ2n) is 4.81. The fraction of sp³-hybridized carbons (Fsp3) is 0.636. The lowest BCUT2D eigenvalue weighted by atomic mass is 10.2. The number of aliphatic hydroxyl groups excluding tert-OH is 1. The fourth-order valence-electron chi connectivity index (χ4n) is 2.09. The largest absolute Gasteiger partial charge is 0.390 e. The van der Waals surface area contributed by atoms with E-state index in [1.807, 2.05) is 6.92 Å². The number of carbonyl (C=O) groups is 1. The summed E-state index contributed by atoms with van der Waals surface area (Å²) in [6.45, 7) is 2.03. The highest BCUT2D eigenvalue weighted by Crippen LogP contribution is 2.15. The third kappa shape index (κ3) is 3.35. The Morgan fingerprint density at radius 1 is 1.60 bits per heavy atom. The van der Waals surface area contributed by atoms with Crippen LogP contribution in [0.3, 0.4) is 0 Å².